The van der Waals surface area contributed by atoms with Crippen molar-refractivity contribution in [1.82, 2.24) is 15.0 Å². The van der Waals surface area contributed by atoms with Crippen LogP contribution >= 0.6 is 0 Å². The van der Waals surface area contributed by atoms with Crippen molar-refractivity contribution in [2.75, 3.05) is 0 Å². The van der Waals surface area contributed by atoms with Gasteiger partial charge in [-0.2, -0.15) is 0 Å². The van der Waals surface area contributed by atoms with E-state index in [2.05, 4.69) is 52.5 Å². The first-order valence-electron chi connectivity index (χ1n) is 5.62. The second-order valence-corrected chi connectivity index (χ2v) is 4.08. The first-order chi connectivity index (χ1) is 8.36. The summed E-state index contributed by atoms with van der Waals surface area (Å²) in [6.07, 6.45) is 4.56. The van der Waals surface area contributed by atoms with Crippen LogP contribution in [-0.2, 0) is 0 Å². The molecule has 1 radical (unpaired) electrons. The van der Waals surface area contributed by atoms with E-state index in [0.29, 0.717) is 5.92 Å². The molecule has 0 bridgehead atoms. The number of hydrogen-bond donors (Lipinski definition) is 1. The Hall–Kier alpha value is -2.16. The van der Waals surface area contributed by atoms with Gasteiger partial charge >= 0.3 is 0 Å². The van der Waals surface area contributed by atoms with Gasteiger partial charge in [0.1, 0.15) is 5.52 Å². The number of aromatic amines is 1. The van der Waals surface area contributed by atoms with E-state index in [9.17, 15) is 0 Å². The second-order valence-electron chi connectivity index (χ2n) is 4.08. The van der Waals surface area contributed by atoms with Gasteiger partial charge in [0.2, 0.25) is 0 Å². The van der Waals surface area contributed by atoms with Crippen molar-refractivity contribution in [3.63, 3.8) is 0 Å². The molecule has 83 valence electrons. The summed E-state index contributed by atoms with van der Waals surface area (Å²) in [5.41, 5.74) is 4.16. The first-order valence-corrected chi connectivity index (χ1v) is 5.62. The number of aromatic nitrogens is 3. The minimum atomic E-state index is 0.304. The largest absolute Gasteiger partial charge is 0.320 e. The molecule has 0 aliphatic heterocycles. The van der Waals surface area contributed by atoms with Gasteiger partial charge in [0.25, 0.3) is 0 Å². The topological polar surface area (TPSA) is 41.6 Å². The van der Waals surface area contributed by atoms with Crippen molar-refractivity contribution in [3.8, 4) is 0 Å². The maximum absolute atomic E-state index is 4.23. The van der Waals surface area contributed by atoms with E-state index >= 15 is 0 Å². The van der Waals surface area contributed by atoms with E-state index in [-0.39, 0.29) is 0 Å². The molecule has 2 aromatic heterocycles. The van der Waals surface area contributed by atoms with Gasteiger partial charge in [0.05, 0.1) is 0 Å². The number of nitrogens with zero attached hydrogens (tertiary/aromatic N) is 2. The molecule has 1 atom stereocenters. The molecular formula is C14H12N3. The molecule has 0 spiro atoms. The molecule has 2 heterocycles. The molecule has 1 N–H and O–H groups in total. The van der Waals surface area contributed by atoms with Crippen molar-refractivity contribution >= 4 is 11.2 Å². The molecular weight excluding hydrogens is 210 g/mol. The third-order valence-corrected chi connectivity index (χ3v) is 3.06. The normalized spacial score (nSPS) is 12.8. The quantitative estimate of drug-likeness (QED) is 0.724. The van der Waals surface area contributed by atoms with Gasteiger partial charge in [-0.15, -0.1) is 0 Å². The molecule has 1 aromatic carbocycles. The number of rotatable bonds is 2. The molecule has 0 fully saturated rings. The number of nitrogens with one attached hydrogen (secondary N) is 1. The lowest BCUT2D eigenvalue weighted by atomic mass is 9.93. The van der Waals surface area contributed by atoms with Gasteiger partial charge in [-0.1, -0.05) is 37.3 Å². The van der Waals surface area contributed by atoms with Crippen LogP contribution in [0.2, 0.25) is 0 Å². The molecule has 1 unspecified atom stereocenters. The van der Waals surface area contributed by atoms with Crippen LogP contribution in [0.3, 0.4) is 0 Å². The van der Waals surface area contributed by atoms with Gasteiger partial charge < -0.3 is 4.98 Å². The van der Waals surface area contributed by atoms with Crippen LogP contribution in [0, 0.1) is 6.33 Å². The summed E-state index contributed by atoms with van der Waals surface area (Å²) in [4.78, 5) is 11.4. The fourth-order valence-corrected chi connectivity index (χ4v) is 2.09. The third-order valence-electron chi connectivity index (χ3n) is 3.06. The molecule has 0 amide bonds. The van der Waals surface area contributed by atoms with Crippen LogP contribution in [0.25, 0.3) is 11.2 Å². The lowest BCUT2D eigenvalue weighted by molar-refractivity contribution is 0.927. The van der Waals surface area contributed by atoms with Gasteiger partial charge in [-0.05, 0) is 17.2 Å². The molecule has 0 saturated heterocycles. The van der Waals surface area contributed by atoms with E-state index in [0.717, 1.165) is 11.2 Å². The van der Waals surface area contributed by atoms with Crippen LogP contribution in [0.15, 0.2) is 42.6 Å². The first kappa shape index (κ1) is 10.0. The number of imidazole rings is 1. The molecule has 0 aliphatic carbocycles. The predicted molar refractivity (Wildman–Crippen MR) is 66.7 cm³/mol. The summed E-state index contributed by atoms with van der Waals surface area (Å²) in [5, 5.41) is 0. The van der Waals surface area contributed by atoms with E-state index in [1.54, 1.807) is 0 Å². The Bertz CT molecular complexity index is 628. The van der Waals surface area contributed by atoms with Crippen molar-refractivity contribution in [3.05, 3.63) is 60.0 Å². The number of benzene rings is 1. The number of pyridine rings is 1. The lowest BCUT2D eigenvalue weighted by Crippen LogP contribution is -1.97. The number of hydrogen-bond acceptors (Lipinski definition) is 2. The summed E-state index contributed by atoms with van der Waals surface area (Å²) in [7, 11) is 0. The number of H-pyrrole nitrogens is 1. The van der Waals surface area contributed by atoms with Crippen molar-refractivity contribution in [2.24, 2.45) is 0 Å². The van der Waals surface area contributed by atoms with Crippen LogP contribution in [0.1, 0.15) is 24.0 Å². The highest BCUT2D eigenvalue weighted by molar-refractivity contribution is 5.75. The predicted octanol–water partition coefficient (Wildman–Crippen LogP) is 2.91. The van der Waals surface area contributed by atoms with Gasteiger partial charge in [0, 0.05) is 12.1 Å². The van der Waals surface area contributed by atoms with Crippen molar-refractivity contribution < 1.29 is 0 Å². The monoisotopic (exact) mass is 222 g/mol. The Balaban J connectivity index is 2.13. The summed E-state index contributed by atoms with van der Waals surface area (Å²) in [6.45, 7) is 2.18. The average molecular weight is 222 g/mol. The fraction of sp³-hybridized carbons (Fsp3) is 0.143. The summed E-state index contributed by atoms with van der Waals surface area (Å²) in [6, 6.07) is 12.4. The number of fused-ring (bicyclic) bond motifs is 1. The lowest BCUT2D eigenvalue weighted by Gasteiger charge is -2.12. The Kier molecular flexibility index (Phi) is 2.37. The van der Waals surface area contributed by atoms with Gasteiger partial charge in [-0.3, -0.25) is 0 Å². The van der Waals surface area contributed by atoms with Gasteiger partial charge in [-0.25, -0.2) is 9.97 Å². The zero-order valence-corrected chi connectivity index (χ0v) is 9.51. The molecule has 3 nitrogen and oxygen atoms in total. The van der Waals surface area contributed by atoms with E-state index in [1.807, 2.05) is 18.3 Å². The fourth-order valence-electron chi connectivity index (χ4n) is 2.09. The zero-order valence-electron chi connectivity index (χ0n) is 9.51. The molecule has 0 aliphatic rings. The van der Waals surface area contributed by atoms with Crippen LogP contribution < -0.4 is 0 Å². The minimum Gasteiger partial charge on any atom is -0.320 e. The highest BCUT2D eigenvalue weighted by Crippen LogP contribution is 2.27. The van der Waals surface area contributed by atoms with E-state index in [4.69, 9.17) is 0 Å². The molecule has 3 rings (SSSR count). The molecule has 3 heteroatoms. The third kappa shape index (κ3) is 1.69. The maximum atomic E-state index is 4.23. The minimum absolute atomic E-state index is 0.304. The zero-order chi connectivity index (χ0) is 11.7. The molecule has 0 saturated carbocycles. The Morgan fingerprint density at radius 1 is 1.18 bits per heavy atom. The summed E-state index contributed by atoms with van der Waals surface area (Å²) < 4.78 is 0. The Labute approximate surface area is 99.5 Å². The summed E-state index contributed by atoms with van der Waals surface area (Å²) >= 11 is 0. The highest BCUT2D eigenvalue weighted by Gasteiger charge is 2.13. The van der Waals surface area contributed by atoms with Gasteiger partial charge in [0.15, 0.2) is 12.0 Å². The van der Waals surface area contributed by atoms with Crippen LogP contribution in [-0.4, -0.2) is 15.0 Å². The summed E-state index contributed by atoms with van der Waals surface area (Å²) in [5.74, 6) is 0.304. The van der Waals surface area contributed by atoms with Crippen LogP contribution in [0.5, 0.6) is 0 Å². The Morgan fingerprint density at radius 2 is 2.00 bits per heavy atom. The Morgan fingerprint density at radius 3 is 2.82 bits per heavy atom. The average Bonchev–Trinajstić information content (AvgIpc) is 2.87. The van der Waals surface area contributed by atoms with E-state index < -0.39 is 0 Å². The smallest absolute Gasteiger partial charge is 0.175 e. The highest BCUT2D eigenvalue weighted by atomic mass is 14.9. The molecule has 17 heavy (non-hydrogen) atoms. The SMILES string of the molecule is CC(c1ccccc1)c1ccnc2[nH][c]nc12. The van der Waals surface area contributed by atoms with Crippen LogP contribution in [0.4, 0.5) is 0 Å². The standard InChI is InChI=1S/C14H12N3/c1-10(11-5-3-2-4-6-11)12-7-8-15-14-13(12)16-9-17-14/h2-8,10H,1H3,(H,15,16,17). The maximum Gasteiger partial charge on any atom is 0.175 e. The van der Waals surface area contributed by atoms with Crippen molar-refractivity contribution in [1.29, 1.82) is 0 Å². The second kappa shape index (κ2) is 4.01. The molecule has 3 aromatic rings. The van der Waals surface area contributed by atoms with E-state index in [1.165, 1.54) is 11.1 Å². The van der Waals surface area contributed by atoms with Crippen molar-refractivity contribution in [2.45, 2.75) is 12.8 Å².